The molecule has 0 radical (unpaired) electrons. The first-order valence-electron chi connectivity index (χ1n) is 8.40. The van der Waals surface area contributed by atoms with Crippen molar-refractivity contribution in [1.29, 1.82) is 0 Å². The van der Waals surface area contributed by atoms with Crippen molar-refractivity contribution in [2.45, 2.75) is 12.5 Å². The Kier molecular flexibility index (Phi) is 4.43. The molecule has 2 aromatic heterocycles. The van der Waals surface area contributed by atoms with Gasteiger partial charge < -0.3 is 9.84 Å². The summed E-state index contributed by atoms with van der Waals surface area (Å²) < 4.78 is 5.28. The highest BCUT2D eigenvalue weighted by Crippen LogP contribution is 2.21. The van der Waals surface area contributed by atoms with Gasteiger partial charge in [-0.1, -0.05) is 53.7 Å². The van der Waals surface area contributed by atoms with Crippen LogP contribution in [-0.2, 0) is 11.2 Å². The van der Waals surface area contributed by atoms with Crippen LogP contribution in [0.25, 0.3) is 11.0 Å². The van der Waals surface area contributed by atoms with Crippen LogP contribution in [0.5, 0.6) is 0 Å². The molecular formula is C21H17N3O2. The summed E-state index contributed by atoms with van der Waals surface area (Å²) in [6.45, 7) is 0. The molecule has 1 atom stereocenters. The van der Waals surface area contributed by atoms with Gasteiger partial charge in [-0.15, -0.1) is 0 Å². The summed E-state index contributed by atoms with van der Waals surface area (Å²) >= 11 is 0. The Morgan fingerprint density at radius 1 is 0.962 bits per heavy atom. The Bertz CT molecular complexity index is 974. The molecule has 0 aliphatic carbocycles. The first-order valence-corrected chi connectivity index (χ1v) is 8.40. The Balaban J connectivity index is 1.58. The van der Waals surface area contributed by atoms with Gasteiger partial charge in [0.25, 0.3) is 0 Å². The molecule has 0 saturated heterocycles. The number of carbonyl (C=O) groups is 1. The number of carbonyl (C=O) groups excluding carboxylic acids is 1. The van der Waals surface area contributed by atoms with Gasteiger partial charge in [-0.2, -0.15) is 0 Å². The van der Waals surface area contributed by atoms with E-state index in [2.05, 4.69) is 15.5 Å². The molecular weight excluding hydrogens is 326 g/mol. The molecule has 2 aromatic carbocycles. The van der Waals surface area contributed by atoms with Crippen LogP contribution in [0.1, 0.15) is 23.0 Å². The Labute approximate surface area is 150 Å². The molecule has 128 valence electrons. The maximum Gasteiger partial charge on any atom is 0.226 e. The minimum Gasteiger partial charge on any atom is -0.356 e. The third kappa shape index (κ3) is 3.32. The van der Waals surface area contributed by atoms with Crippen LogP contribution < -0.4 is 5.32 Å². The van der Waals surface area contributed by atoms with E-state index in [1.807, 2.05) is 72.8 Å². The van der Waals surface area contributed by atoms with E-state index in [0.29, 0.717) is 11.3 Å². The number of benzene rings is 2. The van der Waals surface area contributed by atoms with Crippen molar-refractivity contribution in [3.05, 3.63) is 95.9 Å². The largest absolute Gasteiger partial charge is 0.356 e. The number of hydrogen-bond acceptors (Lipinski definition) is 4. The molecule has 0 fully saturated rings. The predicted molar refractivity (Wildman–Crippen MR) is 98.4 cm³/mol. The quantitative estimate of drug-likeness (QED) is 0.600. The lowest BCUT2D eigenvalue weighted by Crippen LogP contribution is -2.31. The van der Waals surface area contributed by atoms with E-state index in [1.165, 1.54) is 0 Å². The van der Waals surface area contributed by atoms with E-state index in [1.54, 1.807) is 6.20 Å². The van der Waals surface area contributed by atoms with Gasteiger partial charge in [0.1, 0.15) is 5.69 Å². The smallest absolute Gasteiger partial charge is 0.226 e. The van der Waals surface area contributed by atoms with Gasteiger partial charge in [-0.05, 0) is 29.8 Å². The van der Waals surface area contributed by atoms with E-state index in [4.69, 9.17) is 4.52 Å². The van der Waals surface area contributed by atoms with E-state index in [-0.39, 0.29) is 18.4 Å². The van der Waals surface area contributed by atoms with Gasteiger partial charge in [0.05, 0.1) is 18.2 Å². The molecule has 26 heavy (non-hydrogen) atoms. The number of para-hydroxylation sites is 1. The summed E-state index contributed by atoms with van der Waals surface area (Å²) in [6, 6.07) is 22.7. The van der Waals surface area contributed by atoms with Gasteiger partial charge in [0.2, 0.25) is 5.91 Å². The van der Waals surface area contributed by atoms with E-state index < -0.39 is 0 Å². The zero-order valence-electron chi connectivity index (χ0n) is 14.0. The van der Waals surface area contributed by atoms with Crippen LogP contribution in [0.3, 0.4) is 0 Å². The fraction of sp³-hybridized carbons (Fsp3) is 0.0952. The lowest BCUT2D eigenvalue weighted by Gasteiger charge is -2.18. The van der Waals surface area contributed by atoms with Gasteiger partial charge >= 0.3 is 0 Å². The zero-order chi connectivity index (χ0) is 17.8. The zero-order valence-corrected chi connectivity index (χ0v) is 14.0. The lowest BCUT2D eigenvalue weighted by atomic mass is 10.0. The SMILES string of the molecule is O=C(Cc1noc2ccccc12)N[C@H](c1ccccc1)c1ccccn1. The summed E-state index contributed by atoms with van der Waals surface area (Å²) in [7, 11) is 0. The lowest BCUT2D eigenvalue weighted by molar-refractivity contribution is -0.121. The molecule has 5 heteroatoms. The molecule has 0 saturated carbocycles. The van der Waals surface area contributed by atoms with Crippen molar-refractivity contribution < 1.29 is 9.32 Å². The van der Waals surface area contributed by atoms with Crippen molar-refractivity contribution in [3.8, 4) is 0 Å². The highest BCUT2D eigenvalue weighted by Gasteiger charge is 2.19. The van der Waals surface area contributed by atoms with Crippen LogP contribution in [-0.4, -0.2) is 16.0 Å². The Hall–Kier alpha value is -3.47. The van der Waals surface area contributed by atoms with Crippen molar-refractivity contribution in [1.82, 2.24) is 15.5 Å². The van der Waals surface area contributed by atoms with Crippen LogP contribution in [0.4, 0.5) is 0 Å². The van der Waals surface area contributed by atoms with E-state index in [0.717, 1.165) is 16.6 Å². The molecule has 0 aliphatic heterocycles. The van der Waals surface area contributed by atoms with E-state index in [9.17, 15) is 4.79 Å². The standard InChI is InChI=1S/C21H17N3O2/c25-20(14-18-16-10-4-5-12-19(16)26-24-18)23-21(15-8-2-1-3-9-15)17-11-6-7-13-22-17/h1-13,21H,14H2,(H,23,25)/t21-/m1/s1. The van der Waals surface area contributed by atoms with Gasteiger partial charge in [0.15, 0.2) is 5.58 Å². The van der Waals surface area contributed by atoms with Crippen LogP contribution in [0.2, 0.25) is 0 Å². The fourth-order valence-electron chi connectivity index (χ4n) is 2.95. The Morgan fingerprint density at radius 2 is 1.73 bits per heavy atom. The molecule has 1 amide bonds. The first kappa shape index (κ1) is 16.0. The number of rotatable bonds is 5. The van der Waals surface area contributed by atoms with Crippen molar-refractivity contribution in [2.75, 3.05) is 0 Å². The molecule has 0 bridgehead atoms. The minimum atomic E-state index is -0.317. The monoisotopic (exact) mass is 343 g/mol. The number of amides is 1. The highest BCUT2D eigenvalue weighted by atomic mass is 16.5. The third-order valence-corrected chi connectivity index (χ3v) is 4.20. The first-order chi connectivity index (χ1) is 12.8. The molecule has 0 unspecified atom stereocenters. The average Bonchev–Trinajstić information content (AvgIpc) is 3.10. The summed E-state index contributed by atoms with van der Waals surface area (Å²) in [5, 5.41) is 7.96. The van der Waals surface area contributed by atoms with Gasteiger partial charge in [0, 0.05) is 11.6 Å². The molecule has 4 aromatic rings. The van der Waals surface area contributed by atoms with E-state index >= 15 is 0 Å². The number of pyridine rings is 1. The maximum atomic E-state index is 12.7. The number of hydrogen-bond donors (Lipinski definition) is 1. The molecule has 1 N–H and O–H groups in total. The predicted octanol–water partition coefficient (Wildman–Crippen LogP) is 3.67. The van der Waals surface area contributed by atoms with Crippen molar-refractivity contribution in [2.24, 2.45) is 0 Å². The molecule has 0 spiro atoms. The van der Waals surface area contributed by atoms with Gasteiger partial charge in [-0.3, -0.25) is 9.78 Å². The minimum absolute atomic E-state index is 0.136. The normalized spacial score (nSPS) is 12.0. The number of nitrogens with zero attached hydrogens (tertiary/aromatic N) is 2. The molecule has 0 aliphatic rings. The van der Waals surface area contributed by atoms with Crippen LogP contribution in [0.15, 0.2) is 83.5 Å². The molecule has 2 heterocycles. The maximum absolute atomic E-state index is 12.7. The second kappa shape index (κ2) is 7.19. The molecule has 5 nitrogen and oxygen atoms in total. The van der Waals surface area contributed by atoms with Crippen LogP contribution in [0, 0.1) is 0 Å². The summed E-state index contributed by atoms with van der Waals surface area (Å²) in [6.07, 6.45) is 1.87. The second-order valence-electron chi connectivity index (χ2n) is 5.97. The second-order valence-corrected chi connectivity index (χ2v) is 5.97. The fourth-order valence-corrected chi connectivity index (χ4v) is 2.95. The van der Waals surface area contributed by atoms with Crippen molar-refractivity contribution >= 4 is 16.9 Å². The van der Waals surface area contributed by atoms with Crippen LogP contribution >= 0.6 is 0 Å². The number of nitrogens with one attached hydrogen (secondary N) is 1. The summed E-state index contributed by atoms with van der Waals surface area (Å²) in [5.74, 6) is -0.136. The Morgan fingerprint density at radius 3 is 2.54 bits per heavy atom. The van der Waals surface area contributed by atoms with Crippen molar-refractivity contribution in [3.63, 3.8) is 0 Å². The summed E-state index contributed by atoms with van der Waals surface area (Å²) in [4.78, 5) is 17.1. The topological polar surface area (TPSA) is 68.0 Å². The number of fused-ring (bicyclic) bond motifs is 1. The summed E-state index contributed by atoms with van der Waals surface area (Å²) in [5.41, 5.74) is 3.08. The number of aromatic nitrogens is 2. The third-order valence-electron chi connectivity index (χ3n) is 4.20. The van der Waals surface area contributed by atoms with Gasteiger partial charge in [-0.25, -0.2) is 0 Å². The molecule has 4 rings (SSSR count). The highest BCUT2D eigenvalue weighted by molar-refractivity contribution is 5.86. The average molecular weight is 343 g/mol.